The van der Waals surface area contributed by atoms with Crippen molar-refractivity contribution in [3.8, 4) is 11.3 Å². The van der Waals surface area contributed by atoms with E-state index in [0.717, 1.165) is 36.6 Å². The molecule has 7 nitrogen and oxygen atoms in total. The number of sulfonamides is 1. The number of nitrogens with zero attached hydrogens (tertiary/aromatic N) is 3. The average Bonchev–Trinajstić information content (AvgIpc) is 2.73. The topological polar surface area (TPSA) is 101 Å². The van der Waals surface area contributed by atoms with Crippen LogP contribution in [0.2, 0.25) is 0 Å². The summed E-state index contributed by atoms with van der Waals surface area (Å²) in [7, 11) is -3.54. The monoisotopic (exact) mass is 425 g/mol. The third-order valence-corrected chi connectivity index (χ3v) is 5.52. The molecule has 3 rings (SSSR count). The Kier molecular flexibility index (Phi) is 7.15. The second-order valence-electron chi connectivity index (χ2n) is 7.08. The van der Waals surface area contributed by atoms with E-state index in [1.807, 2.05) is 18.2 Å². The molecule has 0 saturated carbocycles. The van der Waals surface area contributed by atoms with Crippen molar-refractivity contribution in [2.45, 2.75) is 26.1 Å². The van der Waals surface area contributed by atoms with Crippen LogP contribution in [0, 0.1) is 0 Å². The van der Waals surface area contributed by atoms with Crippen molar-refractivity contribution in [2.75, 3.05) is 18.4 Å². The van der Waals surface area contributed by atoms with E-state index in [1.54, 1.807) is 24.3 Å². The lowest BCUT2D eigenvalue weighted by atomic mass is 10.1. The van der Waals surface area contributed by atoms with Gasteiger partial charge in [-0.15, -0.1) is 0 Å². The molecule has 0 aliphatic heterocycles. The summed E-state index contributed by atoms with van der Waals surface area (Å²) in [5.74, 6) is 0.475. The van der Waals surface area contributed by atoms with Gasteiger partial charge in [0.2, 0.25) is 10.0 Å². The molecule has 3 aromatic rings. The highest BCUT2D eigenvalue weighted by molar-refractivity contribution is 7.88. The molecule has 0 unspecified atom stereocenters. The van der Waals surface area contributed by atoms with Gasteiger partial charge in [-0.1, -0.05) is 44.2 Å². The smallest absolute Gasteiger partial charge is 0.213 e. The standard InChI is InChI=1S/C22H27N5O2S/c1-3-27(4-2)14-18-6-5-7-19(12-18)21-13-22(25-16-24-21)26-20-10-8-17(9-11-20)15-30(23,28)29/h5-13,16H,3-4,14-15H2,1-2H3,(H2,23,28,29)(H,24,25,26). The fraction of sp³-hybridized carbons (Fsp3) is 0.273. The molecule has 2 aromatic carbocycles. The summed E-state index contributed by atoms with van der Waals surface area (Å²) >= 11 is 0. The van der Waals surface area contributed by atoms with Gasteiger partial charge in [0.25, 0.3) is 0 Å². The van der Waals surface area contributed by atoms with Gasteiger partial charge in [0.15, 0.2) is 0 Å². The van der Waals surface area contributed by atoms with E-state index >= 15 is 0 Å². The largest absolute Gasteiger partial charge is 0.340 e. The Hall–Kier alpha value is -2.81. The minimum absolute atomic E-state index is 0.186. The fourth-order valence-electron chi connectivity index (χ4n) is 3.18. The lowest BCUT2D eigenvalue weighted by Gasteiger charge is -2.18. The third-order valence-electron chi connectivity index (χ3n) is 4.78. The van der Waals surface area contributed by atoms with Gasteiger partial charge >= 0.3 is 0 Å². The van der Waals surface area contributed by atoms with Crippen molar-refractivity contribution in [1.29, 1.82) is 0 Å². The van der Waals surface area contributed by atoms with Crippen LogP contribution in [0.3, 0.4) is 0 Å². The van der Waals surface area contributed by atoms with E-state index < -0.39 is 10.0 Å². The maximum absolute atomic E-state index is 11.2. The van der Waals surface area contributed by atoms with Crippen LogP contribution in [0.5, 0.6) is 0 Å². The normalized spacial score (nSPS) is 11.6. The van der Waals surface area contributed by atoms with Gasteiger partial charge in [0.05, 0.1) is 11.4 Å². The molecule has 0 saturated heterocycles. The van der Waals surface area contributed by atoms with Crippen LogP contribution in [0.25, 0.3) is 11.3 Å². The van der Waals surface area contributed by atoms with Gasteiger partial charge in [0.1, 0.15) is 12.1 Å². The lowest BCUT2D eigenvalue weighted by Crippen LogP contribution is -2.22. The highest BCUT2D eigenvalue weighted by atomic mass is 32.2. The van der Waals surface area contributed by atoms with Crippen molar-refractivity contribution in [3.63, 3.8) is 0 Å². The summed E-state index contributed by atoms with van der Waals surface area (Å²) < 4.78 is 22.4. The molecule has 1 heterocycles. The summed E-state index contributed by atoms with van der Waals surface area (Å²) in [5, 5.41) is 8.32. The number of nitrogens with two attached hydrogens (primary N) is 1. The maximum Gasteiger partial charge on any atom is 0.213 e. The second kappa shape index (κ2) is 9.80. The minimum Gasteiger partial charge on any atom is -0.340 e. The Morgan fingerprint density at radius 3 is 2.37 bits per heavy atom. The summed E-state index contributed by atoms with van der Waals surface area (Å²) in [6.07, 6.45) is 1.53. The van der Waals surface area contributed by atoms with Crippen molar-refractivity contribution in [1.82, 2.24) is 14.9 Å². The molecule has 8 heteroatoms. The van der Waals surface area contributed by atoms with E-state index in [2.05, 4.69) is 46.2 Å². The van der Waals surface area contributed by atoms with E-state index in [4.69, 9.17) is 5.14 Å². The van der Waals surface area contributed by atoms with Gasteiger partial charge in [0, 0.05) is 23.9 Å². The number of hydrogen-bond acceptors (Lipinski definition) is 6. The third kappa shape index (κ3) is 6.35. The van der Waals surface area contributed by atoms with Crippen molar-refractivity contribution >= 4 is 21.5 Å². The molecule has 0 fully saturated rings. The highest BCUT2D eigenvalue weighted by Gasteiger charge is 2.07. The molecule has 158 valence electrons. The number of benzene rings is 2. The van der Waals surface area contributed by atoms with E-state index in [9.17, 15) is 8.42 Å². The van der Waals surface area contributed by atoms with Crippen LogP contribution in [0.4, 0.5) is 11.5 Å². The summed E-state index contributed by atoms with van der Waals surface area (Å²) in [5.41, 5.74) is 4.55. The van der Waals surface area contributed by atoms with E-state index in [1.165, 1.54) is 11.9 Å². The first-order valence-corrected chi connectivity index (χ1v) is 11.6. The predicted molar refractivity (Wildman–Crippen MR) is 121 cm³/mol. The molecule has 0 aliphatic rings. The summed E-state index contributed by atoms with van der Waals surface area (Å²) in [6, 6.07) is 17.3. The van der Waals surface area contributed by atoms with Crippen LogP contribution in [-0.2, 0) is 22.3 Å². The van der Waals surface area contributed by atoms with Gasteiger partial charge in [-0.3, -0.25) is 4.90 Å². The zero-order valence-corrected chi connectivity index (χ0v) is 18.1. The molecule has 0 radical (unpaired) electrons. The van der Waals surface area contributed by atoms with Crippen LogP contribution in [-0.4, -0.2) is 36.4 Å². The highest BCUT2D eigenvalue weighted by Crippen LogP contribution is 2.23. The number of rotatable bonds is 9. The maximum atomic E-state index is 11.2. The van der Waals surface area contributed by atoms with Crippen LogP contribution in [0.15, 0.2) is 60.9 Å². The SMILES string of the molecule is CCN(CC)Cc1cccc(-c2cc(Nc3ccc(CS(N)(=O)=O)cc3)ncn2)c1. The number of hydrogen-bond donors (Lipinski definition) is 2. The summed E-state index contributed by atoms with van der Waals surface area (Å²) in [4.78, 5) is 11.1. The lowest BCUT2D eigenvalue weighted by molar-refractivity contribution is 0.296. The van der Waals surface area contributed by atoms with Gasteiger partial charge < -0.3 is 5.32 Å². The molecular weight excluding hydrogens is 398 g/mol. The van der Waals surface area contributed by atoms with Gasteiger partial charge in [-0.05, 0) is 42.4 Å². The zero-order valence-electron chi connectivity index (χ0n) is 17.2. The van der Waals surface area contributed by atoms with Crippen LogP contribution >= 0.6 is 0 Å². The molecule has 3 N–H and O–H groups in total. The minimum atomic E-state index is -3.54. The average molecular weight is 426 g/mol. The van der Waals surface area contributed by atoms with Crippen molar-refractivity contribution in [2.24, 2.45) is 5.14 Å². The zero-order chi connectivity index (χ0) is 21.6. The Morgan fingerprint density at radius 2 is 1.70 bits per heavy atom. The number of nitrogens with one attached hydrogen (secondary N) is 1. The Morgan fingerprint density at radius 1 is 0.967 bits per heavy atom. The fourth-order valence-corrected chi connectivity index (χ4v) is 3.84. The molecule has 0 amide bonds. The first-order valence-electron chi connectivity index (χ1n) is 9.86. The molecule has 0 aliphatic carbocycles. The molecule has 0 spiro atoms. The molecule has 1 aromatic heterocycles. The Balaban J connectivity index is 1.75. The van der Waals surface area contributed by atoms with E-state index in [0.29, 0.717) is 11.4 Å². The molecule has 0 bridgehead atoms. The molecule has 0 atom stereocenters. The van der Waals surface area contributed by atoms with Crippen molar-refractivity contribution < 1.29 is 8.42 Å². The number of aromatic nitrogens is 2. The first kappa shape index (κ1) is 21.9. The van der Waals surface area contributed by atoms with Crippen molar-refractivity contribution in [3.05, 3.63) is 72.1 Å². The molecular formula is C22H27N5O2S. The van der Waals surface area contributed by atoms with E-state index in [-0.39, 0.29) is 5.75 Å². The first-order chi connectivity index (χ1) is 14.4. The van der Waals surface area contributed by atoms with Crippen LogP contribution < -0.4 is 10.5 Å². The van der Waals surface area contributed by atoms with Crippen LogP contribution in [0.1, 0.15) is 25.0 Å². The Labute approximate surface area is 178 Å². The number of primary sulfonamides is 1. The Bertz CT molecular complexity index is 1080. The predicted octanol–water partition coefficient (Wildman–Crippen LogP) is 3.52. The summed E-state index contributed by atoms with van der Waals surface area (Å²) in [6.45, 7) is 7.26. The second-order valence-corrected chi connectivity index (χ2v) is 8.69. The molecule has 30 heavy (non-hydrogen) atoms. The van der Waals surface area contributed by atoms with Gasteiger partial charge in [-0.25, -0.2) is 23.5 Å². The van der Waals surface area contributed by atoms with Gasteiger partial charge in [-0.2, -0.15) is 0 Å². The quantitative estimate of drug-likeness (QED) is 0.544. The number of anilines is 2.